The molecule has 0 aliphatic carbocycles. The van der Waals surface area contributed by atoms with Gasteiger partial charge in [-0.25, -0.2) is 8.78 Å². The van der Waals surface area contributed by atoms with Gasteiger partial charge in [-0.15, -0.1) is 0 Å². The summed E-state index contributed by atoms with van der Waals surface area (Å²) in [5, 5.41) is 0. The van der Waals surface area contributed by atoms with Gasteiger partial charge in [0.05, 0.1) is 0 Å². The molecule has 0 atom stereocenters. The third-order valence-corrected chi connectivity index (χ3v) is 1.44. The molecular formula is C7H4ClF2NO. The van der Waals surface area contributed by atoms with Crippen molar-refractivity contribution in [2.24, 2.45) is 0 Å². The van der Waals surface area contributed by atoms with Crippen molar-refractivity contribution in [2.45, 2.75) is 0 Å². The summed E-state index contributed by atoms with van der Waals surface area (Å²) in [6.07, 6.45) is 0. The molecule has 1 amide bonds. The highest BCUT2D eigenvalue weighted by molar-refractivity contribution is 6.24. The maximum absolute atomic E-state index is 12.5. The van der Waals surface area contributed by atoms with E-state index in [0.717, 1.165) is 18.2 Å². The first-order chi connectivity index (χ1) is 5.65. The van der Waals surface area contributed by atoms with Gasteiger partial charge in [-0.3, -0.25) is 9.63 Å². The highest BCUT2D eigenvalue weighted by atomic mass is 35.5. The minimum atomic E-state index is -1.08. The largest absolute Gasteiger partial charge is 0.268 e. The maximum Gasteiger partial charge on any atom is 0.265 e. The van der Waals surface area contributed by atoms with Gasteiger partial charge < -0.3 is 0 Å². The van der Waals surface area contributed by atoms with Crippen LogP contribution in [0.25, 0.3) is 0 Å². The Labute approximate surface area is 72.3 Å². The van der Waals surface area contributed by atoms with Gasteiger partial charge in [0, 0.05) is 17.3 Å². The monoisotopic (exact) mass is 191 g/mol. The highest BCUT2D eigenvalue weighted by Crippen LogP contribution is 2.08. The third kappa shape index (κ3) is 1.71. The van der Waals surface area contributed by atoms with Gasteiger partial charge in [-0.2, -0.15) is 0 Å². The van der Waals surface area contributed by atoms with Crippen LogP contribution >= 0.6 is 11.8 Å². The molecule has 0 fully saturated rings. The van der Waals surface area contributed by atoms with Crippen molar-refractivity contribution in [1.82, 2.24) is 4.84 Å². The molecule has 0 bridgehead atoms. The Kier molecular flexibility index (Phi) is 2.60. The standard InChI is InChI=1S/C7H4ClF2NO/c8-11-7(12)4-1-2-5(9)6(10)3-4/h1-3H,(H,11,12). The van der Waals surface area contributed by atoms with Crippen molar-refractivity contribution in [1.29, 1.82) is 0 Å². The number of carbonyl (C=O) groups is 1. The lowest BCUT2D eigenvalue weighted by Gasteiger charge is -1.97. The Balaban J connectivity index is 3.05. The maximum atomic E-state index is 12.5. The van der Waals surface area contributed by atoms with Crippen LogP contribution in [0.3, 0.4) is 0 Å². The van der Waals surface area contributed by atoms with Gasteiger partial charge in [0.25, 0.3) is 5.91 Å². The van der Waals surface area contributed by atoms with Crippen LogP contribution in [0, 0.1) is 11.6 Å². The second-order valence-electron chi connectivity index (χ2n) is 2.05. The Morgan fingerprint density at radius 1 is 1.33 bits per heavy atom. The summed E-state index contributed by atoms with van der Waals surface area (Å²) in [5.41, 5.74) is -0.0242. The van der Waals surface area contributed by atoms with Gasteiger partial charge in [-0.05, 0) is 18.2 Å². The van der Waals surface area contributed by atoms with Crippen molar-refractivity contribution < 1.29 is 13.6 Å². The molecule has 0 heterocycles. The number of hydrogen-bond acceptors (Lipinski definition) is 1. The molecule has 0 spiro atoms. The molecule has 0 aliphatic rings. The summed E-state index contributed by atoms with van der Waals surface area (Å²) in [7, 11) is 0. The lowest BCUT2D eigenvalue weighted by Crippen LogP contribution is -2.12. The molecule has 12 heavy (non-hydrogen) atoms. The Bertz CT molecular complexity index is 316. The van der Waals surface area contributed by atoms with E-state index in [1.54, 1.807) is 4.84 Å². The average molecular weight is 192 g/mol. The van der Waals surface area contributed by atoms with E-state index in [-0.39, 0.29) is 5.56 Å². The molecule has 1 aromatic carbocycles. The fourth-order valence-corrected chi connectivity index (χ4v) is 0.801. The van der Waals surface area contributed by atoms with E-state index in [1.165, 1.54) is 0 Å². The number of hydrogen-bond donors (Lipinski definition) is 1. The molecule has 1 N–H and O–H groups in total. The Hall–Kier alpha value is -1.16. The lowest BCUT2D eigenvalue weighted by atomic mass is 10.2. The van der Waals surface area contributed by atoms with Crippen molar-refractivity contribution in [2.75, 3.05) is 0 Å². The summed E-state index contributed by atoms with van der Waals surface area (Å²) in [4.78, 5) is 12.5. The molecule has 2 nitrogen and oxygen atoms in total. The van der Waals surface area contributed by atoms with E-state index in [2.05, 4.69) is 0 Å². The SMILES string of the molecule is O=C(NCl)c1ccc(F)c(F)c1. The number of benzene rings is 1. The van der Waals surface area contributed by atoms with E-state index >= 15 is 0 Å². The number of halogens is 3. The van der Waals surface area contributed by atoms with E-state index in [4.69, 9.17) is 11.8 Å². The molecule has 1 aromatic rings. The molecule has 0 aliphatic heterocycles. The van der Waals surface area contributed by atoms with E-state index < -0.39 is 17.5 Å². The summed E-state index contributed by atoms with van der Waals surface area (Å²) < 4.78 is 24.8. The van der Waals surface area contributed by atoms with E-state index in [1.807, 2.05) is 0 Å². The van der Waals surface area contributed by atoms with Crippen LogP contribution < -0.4 is 4.84 Å². The van der Waals surface area contributed by atoms with Crippen LogP contribution in [0.4, 0.5) is 8.78 Å². The van der Waals surface area contributed by atoms with Gasteiger partial charge in [0.15, 0.2) is 11.6 Å². The summed E-state index contributed by atoms with van der Waals surface area (Å²) in [6, 6.07) is 2.76. The van der Waals surface area contributed by atoms with Crippen molar-refractivity contribution in [3.05, 3.63) is 35.4 Å². The molecule has 64 valence electrons. The first-order valence-electron chi connectivity index (χ1n) is 3.01. The smallest absolute Gasteiger partial charge is 0.265 e. The van der Waals surface area contributed by atoms with Gasteiger partial charge >= 0.3 is 0 Å². The van der Waals surface area contributed by atoms with Crippen LogP contribution in [-0.4, -0.2) is 5.91 Å². The molecule has 0 saturated carbocycles. The zero-order valence-corrected chi connectivity index (χ0v) is 6.53. The van der Waals surface area contributed by atoms with Crippen LogP contribution in [0.5, 0.6) is 0 Å². The van der Waals surface area contributed by atoms with Crippen LogP contribution in [0.2, 0.25) is 0 Å². The summed E-state index contributed by atoms with van der Waals surface area (Å²) in [6.45, 7) is 0. The van der Waals surface area contributed by atoms with E-state index in [0.29, 0.717) is 0 Å². The second kappa shape index (κ2) is 3.49. The van der Waals surface area contributed by atoms with E-state index in [9.17, 15) is 13.6 Å². The zero-order valence-electron chi connectivity index (χ0n) is 5.77. The molecule has 0 unspecified atom stereocenters. The topological polar surface area (TPSA) is 29.1 Å². The molecule has 0 aromatic heterocycles. The third-order valence-electron chi connectivity index (χ3n) is 1.27. The molecule has 0 saturated heterocycles. The normalized spacial score (nSPS) is 9.58. The number of rotatable bonds is 1. The minimum Gasteiger partial charge on any atom is -0.268 e. The van der Waals surface area contributed by atoms with Crippen molar-refractivity contribution in [3.8, 4) is 0 Å². The first kappa shape index (κ1) is 8.93. The zero-order chi connectivity index (χ0) is 9.14. The number of carbonyl (C=O) groups excluding carboxylic acids is 1. The molecule has 1 rings (SSSR count). The molecular weight excluding hydrogens is 188 g/mol. The predicted octanol–water partition coefficient (Wildman–Crippen LogP) is 1.85. The average Bonchev–Trinajstić information content (AvgIpc) is 2.08. The molecule has 5 heteroatoms. The number of nitrogens with one attached hydrogen (secondary N) is 1. The van der Waals surface area contributed by atoms with Crippen LogP contribution in [-0.2, 0) is 0 Å². The van der Waals surface area contributed by atoms with Crippen LogP contribution in [0.15, 0.2) is 18.2 Å². The highest BCUT2D eigenvalue weighted by Gasteiger charge is 2.07. The first-order valence-corrected chi connectivity index (χ1v) is 3.39. The van der Waals surface area contributed by atoms with Gasteiger partial charge in [-0.1, -0.05) is 0 Å². The van der Waals surface area contributed by atoms with Crippen molar-refractivity contribution in [3.63, 3.8) is 0 Å². The fraction of sp³-hybridized carbons (Fsp3) is 0. The van der Waals surface area contributed by atoms with Crippen molar-refractivity contribution >= 4 is 17.7 Å². The lowest BCUT2D eigenvalue weighted by molar-refractivity contribution is 0.0981. The second-order valence-corrected chi connectivity index (χ2v) is 2.24. The van der Waals surface area contributed by atoms with Crippen LogP contribution in [0.1, 0.15) is 10.4 Å². The molecule has 0 radical (unpaired) electrons. The Morgan fingerprint density at radius 3 is 2.50 bits per heavy atom. The fourth-order valence-electron chi connectivity index (χ4n) is 0.692. The number of amides is 1. The summed E-state index contributed by atoms with van der Waals surface area (Å²) in [5.74, 6) is -2.75. The Morgan fingerprint density at radius 2 is 2.00 bits per heavy atom. The van der Waals surface area contributed by atoms with Gasteiger partial charge in [0.2, 0.25) is 0 Å². The summed E-state index contributed by atoms with van der Waals surface area (Å²) >= 11 is 4.96. The minimum absolute atomic E-state index is 0.0242. The van der Waals surface area contributed by atoms with Gasteiger partial charge in [0.1, 0.15) is 0 Å². The quantitative estimate of drug-likeness (QED) is 0.675. The predicted molar refractivity (Wildman–Crippen MR) is 39.7 cm³/mol.